The van der Waals surface area contributed by atoms with Crippen LogP contribution in [-0.4, -0.2) is 34.7 Å². The number of nitrogens with one attached hydrogen (secondary N) is 1. The number of thioether (sulfide) groups is 1. The predicted octanol–water partition coefficient (Wildman–Crippen LogP) is 6.72. The van der Waals surface area contributed by atoms with Gasteiger partial charge in [-0.1, -0.05) is 98.5 Å². The molecule has 0 aliphatic rings. The SMILES string of the molecule is CCOc1cc(C=NNC(=O)CSc2nnc(-c3ccccc3)s2)ccc1OCc1ccc(C(C)(C)C)cc1. The summed E-state index contributed by atoms with van der Waals surface area (Å²) in [6, 6.07) is 23.9. The molecule has 0 atom stereocenters. The number of carbonyl (C=O) groups is 1. The second-order valence-corrected chi connectivity index (χ2v) is 11.9. The molecule has 0 radical (unpaired) electrons. The maximum absolute atomic E-state index is 12.3. The van der Waals surface area contributed by atoms with E-state index in [1.54, 1.807) is 6.21 Å². The van der Waals surface area contributed by atoms with Crippen LogP contribution in [0.1, 0.15) is 44.4 Å². The Hall–Kier alpha value is -3.69. The van der Waals surface area contributed by atoms with Crippen molar-refractivity contribution < 1.29 is 14.3 Å². The molecule has 7 nitrogen and oxygen atoms in total. The average Bonchev–Trinajstić information content (AvgIpc) is 3.41. The molecule has 3 aromatic carbocycles. The first kappa shape index (κ1) is 28.3. The van der Waals surface area contributed by atoms with E-state index in [0.29, 0.717) is 24.7 Å². The summed E-state index contributed by atoms with van der Waals surface area (Å²) >= 11 is 2.79. The van der Waals surface area contributed by atoms with Crippen molar-refractivity contribution in [2.45, 2.75) is 44.1 Å². The molecule has 1 aromatic heterocycles. The molecule has 0 saturated carbocycles. The van der Waals surface area contributed by atoms with Gasteiger partial charge in [-0.25, -0.2) is 5.43 Å². The summed E-state index contributed by atoms with van der Waals surface area (Å²) in [7, 11) is 0. The molecular weight excluding hydrogens is 528 g/mol. The van der Waals surface area contributed by atoms with Crippen LogP contribution < -0.4 is 14.9 Å². The zero-order valence-electron chi connectivity index (χ0n) is 22.5. The Bertz CT molecular complexity index is 1400. The van der Waals surface area contributed by atoms with Gasteiger partial charge in [0.1, 0.15) is 11.6 Å². The Morgan fingerprint density at radius 2 is 1.77 bits per heavy atom. The number of benzene rings is 3. The number of ether oxygens (including phenoxy) is 2. The molecule has 0 bridgehead atoms. The van der Waals surface area contributed by atoms with E-state index in [1.165, 1.54) is 28.7 Å². The Morgan fingerprint density at radius 1 is 1.00 bits per heavy atom. The molecule has 0 spiro atoms. The molecule has 4 rings (SSSR count). The monoisotopic (exact) mass is 560 g/mol. The first-order valence-corrected chi connectivity index (χ1v) is 14.4. The number of nitrogens with zero attached hydrogens (tertiary/aromatic N) is 3. The van der Waals surface area contributed by atoms with Crippen molar-refractivity contribution in [3.8, 4) is 22.1 Å². The summed E-state index contributed by atoms with van der Waals surface area (Å²) in [4.78, 5) is 12.3. The summed E-state index contributed by atoms with van der Waals surface area (Å²) < 4.78 is 12.6. The first-order valence-electron chi connectivity index (χ1n) is 12.6. The minimum Gasteiger partial charge on any atom is -0.490 e. The number of hydrogen-bond acceptors (Lipinski definition) is 8. The zero-order valence-corrected chi connectivity index (χ0v) is 24.1. The highest BCUT2D eigenvalue weighted by molar-refractivity contribution is 8.01. The fraction of sp³-hybridized carbons (Fsp3) is 0.267. The highest BCUT2D eigenvalue weighted by Gasteiger charge is 2.13. The van der Waals surface area contributed by atoms with Gasteiger partial charge in [-0.2, -0.15) is 5.10 Å². The minimum absolute atomic E-state index is 0.114. The third-order valence-corrected chi connectivity index (χ3v) is 7.74. The van der Waals surface area contributed by atoms with Gasteiger partial charge in [0.15, 0.2) is 15.8 Å². The molecule has 9 heteroatoms. The Balaban J connectivity index is 1.28. The lowest BCUT2D eigenvalue weighted by atomic mass is 9.87. The van der Waals surface area contributed by atoms with Gasteiger partial charge in [0.25, 0.3) is 5.91 Å². The summed E-state index contributed by atoms with van der Waals surface area (Å²) in [6.07, 6.45) is 1.58. The average molecular weight is 561 g/mol. The van der Waals surface area contributed by atoms with Crippen molar-refractivity contribution in [2.75, 3.05) is 12.4 Å². The molecule has 0 saturated heterocycles. The molecule has 4 aromatic rings. The quantitative estimate of drug-likeness (QED) is 0.124. The molecule has 0 aliphatic heterocycles. The fourth-order valence-corrected chi connectivity index (χ4v) is 5.21. The fourth-order valence-electron chi connectivity index (χ4n) is 3.56. The molecule has 0 unspecified atom stereocenters. The molecule has 1 amide bonds. The summed E-state index contributed by atoms with van der Waals surface area (Å²) in [5.41, 5.74) is 6.84. The highest BCUT2D eigenvalue weighted by Crippen LogP contribution is 2.30. The molecule has 39 heavy (non-hydrogen) atoms. The van der Waals surface area contributed by atoms with Gasteiger partial charge in [0.05, 0.1) is 18.6 Å². The molecule has 1 heterocycles. The minimum atomic E-state index is -0.227. The van der Waals surface area contributed by atoms with Crippen LogP contribution in [0.3, 0.4) is 0 Å². The van der Waals surface area contributed by atoms with E-state index in [-0.39, 0.29) is 17.1 Å². The van der Waals surface area contributed by atoms with E-state index in [0.717, 1.165) is 26.0 Å². The van der Waals surface area contributed by atoms with E-state index in [4.69, 9.17) is 9.47 Å². The highest BCUT2D eigenvalue weighted by atomic mass is 32.2. The third-order valence-electron chi connectivity index (χ3n) is 5.64. The van der Waals surface area contributed by atoms with Crippen LogP contribution in [0.5, 0.6) is 11.5 Å². The number of amides is 1. The van der Waals surface area contributed by atoms with Crippen molar-refractivity contribution in [1.29, 1.82) is 0 Å². The third kappa shape index (κ3) is 8.40. The van der Waals surface area contributed by atoms with Crippen molar-refractivity contribution in [2.24, 2.45) is 5.10 Å². The van der Waals surface area contributed by atoms with Crippen molar-refractivity contribution >= 4 is 35.2 Å². The standard InChI is InChI=1S/C30H32N4O3S2/c1-5-36-26-17-22(13-16-25(26)37-19-21-11-14-24(15-12-21)30(2,3)4)18-31-32-27(35)20-38-29-34-33-28(39-29)23-9-7-6-8-10-23/h6-18H,5,19-20H2,1-4H3,(H,32,35). The predicted molar refractivity (Wildman–Crippen MR) is 159 cm³/mol. The lowest BCUT2D eigenvalue weighted by Gasteiger charge is -2.19. The van der Waals surface area contributed by atoms with E-state index in [2.05, 4.69) is 65.8 Å². The van der Waals surface area contributed by atoms with Gasteiger partial charge < -0.3 is 9.47 Å². The van der Waals surface area contributed by atoms with E-state index < -0.39 is 0 Å². The summed E-state index contributed by atoms with van der Waals surface area (Å²) in [5.74, 6) is 1.24. The molecule has 1 N–H and O–H groups in total. The van der Waals surface area contributed by atoms with Crippen molar-refractivity contribution in [1.82, 2.24) is 15.6 Å². The smallest absolute Gasteiger partial charge is 0.250 e. The second-order valence-electron chi connectivity index (χ2n) is 9.70. The largest absolute Gasteiger partial charge is 0.490 e. The van der Waals surface area contributed by atoms with E-state index in [9.17, 15) is 4.79 Å². The molecule has 0 aliphatic carbocycles. The number of hydrogen-bond donors (Lipinski definition) is 1. The number of hydrazone groups is 1. The van der Waals surface area contributed by atoms with Crippen LogP contribution in [-0.2, 0) is 16.8 Å². The van der Waals surface area contributed by atoms with Gasteiger partial charge >= 0.3 is 0 Å². The number of aromatic nitrogens is 2. The van der Waals surface area contributed by atoms with E-state index >= 15 is 0 Å². The Morgan fingerprint density at radius 3 is 2.49 bits per heavy atom. The van der Waals surface area contributed by atoms with Gasteiger partial charge in [0, 0.05) is 5.56 Å². The van der Waals surface area contributed by atoms with Gasteiger partial charge in [-0.3, -0.25) is 4.79 Å². The lowest BCUT2D eigenvalue weighted by Crippen LogP contribution is -2.19. The van der Waals surface area contributed by atoms with Gasteiger partial charge in [-0.15, -0.1) is 10.2 Å². The van der Waals surface area contributed by atoms with Crippen molar-refractivity contribution in [3.63, 3.8) is 0 Å². The first-order chi connectivity index (χ1) is 18.8. The summed E-state index contributed by atoms with van der Waals surface area (Å²) in [5, 5.41) is 13.3. The van der Waals surface area contributed by atoms with Crippen LogP contribution in [0.4, 0.5) is 0 Å². The van der Waals surface area contributed by atoms with Crippen LogP contribution in [0.15, 0.2) is 82.2 Å². The number of rotatable bonds is 11. The maximum Gasteiger partial charge on any atom is 0.250 e. The second kappa shape index (κ2) is 13.4. The van der Waals surface area contributed by atoms with Crippen molar-refractivity contribution in [3.05, 3.63) is 89.5 Å². The maximum atomic E-state index is 12.3. The Kier molecular flexibility index (Phi) is 9.73. The zero-order chi connectivity index (χ0) is 27.7. The topological polar surface area (TPSA) is 85.7 Å². The lowest BCUT2D eigenvalue weighted by molar-refractivity contribution is -0.118. The van der Waals surface area contributed by atoms with Crippen LogP contribution in [0.25, 0.3) is 10.6 Å². The Labute approximate surface area is 237 Å². The normalized spacial score (nSPS) is 11.5. The molecule has 0 fully saturated rings. The van der Waals surface area contributed by atoms with Gasteiger partial charge in [-0.05, 0) is 47.2 Å². The van der Waals surface area contributed by atoms with Crippen LogP contribution in [0.2, 0.25) is 0 Å². The van der Waals surface area contributed by atoms with Crippen LogP contribution in [0, 0.1) is 0 Å². The molecular formula is C30H32N4O3S2. The molecule has 202 valence electrons. The van der Waals surface area contributed by atoms with E-state index in [1.807, 2.05) is 55.5 Å². The summed E-state index contributed by atoms with van der Waals surface area (Å²) in [6.45, 7) is 9.46. The number of carbonyl (C=O) groups excluding carboxylic acids is 1. The van der Waals surface area contributed by atoms with Gasteiger partial charge in [0.2, 0.25) is 0 Å². The van der Waals surface area contributed by atoms with Crippen LogP contribution >= 0.6 is 23.1 Å².